The summed E-state index contributed by atoms with van der Waals surface area (Å²) in [6.07, 6.45) is 4.16. The molecule has 0 unspecified atom stereocenters. The molecule has 0 atom stereocenters. The van der Waals surface area contributed by atoms with Crippen molar-refractivity contribution in [2.24, 2.45) is 0 Å². The Morgan fingerprint density at radius 2 is 1.73 bits per heavy atom. The van der Waals surface area contributed by atoms with E-state index in [-0.39, 0.29) is 6.10 Å². The fourth-order valence-electron chi connectivity index (χ4n) is 1.33. The summed E-state index contributed by atoms with van der Waals surface area (Å²) < 4.78 is 35.0. The third-order valence-corrected chi connectivity index (χ3v) is 2.60. The van der Waals surface area contributed by atoms with Gasteiger partial charge in [0.05, 0.1) is 0 Å². The molecule has 0 spiro atoms. The summed E-state index contributed by atoms with van der Waals surface area (Å²) in [5, 5.41) is 0. The van der Waals surface area contributed by atoms with E-state index in [2.05, 4.69) is 3.79 Å². The van der Waals surface area contributed by atoms with E-state index in [0.717, 1.165) is 19.3 Å². The normalized spacial score (nSPS) is 21.9. The minimum absolute atomic E-state index is 0.323. The van der Waals surface area contributed by atoms with Gasteiger partial charge in [0.1, 0.15) is 0 Å². The van der Waals surface area contributed by atoms with Gasteiger partial charge in [-0.15, -0.1) is 0 Å². The number of hydrogen-bond donors (Lipinski definition) is 0. The van der Waals surface area contributed by atoms with Gasteiger partial charge in [0, 0.05) is 0 Å². The van der Waals surface area contributed by atoms with Crippen molar-refractivity contribution in [3.05, 3.63) is 0 Å². The standard InChI is InChI=1S/C6H11O.Cr.3O/c7-6-4-2-1-3-5-6;;;;/h6H,1-5H2;;;;/q-1;+1;;;-1. The molecular weight excluding hydrogens is 188 g/mol. The molecule has 0 aliphatic heterocycles. The van der Waals surface area contributed by atoms with Crippen LogP contribution in [-0.2, 0) is 25.0 Å². The zero-order chi connectivity index (χ0) is 8.32. The van der Waals surface area contributed by atoms with Gasteiger partial charge in [-0.05, 0) is 0 Å². The molecule has 1 saturated carbocycles. The molecule has 0 amide bonds. The molecule has 0 aromatic heterocycles. The molecule has 1 aliphatic carbocycles. The van der Waals surface area contributed by atoms with E-state index in [9.17, 15) is 11.8 Å². The molecule has 0 aromatic rings. The number of rotatable bonds is 2. The predicted molar refractivity (Wildman–Crippen MR) is 29.3 cm³/mol. The molecule has 1 fully saturated rings. The van der Waals surface area contributed by atoms with Crippen LogP contribution in [-0.4, -0.2) is 6.10 Å². The van der Waals surface area contributed by atoms with Crippen LogP contribution in [0.4, 0.5) is 0 Å². The molecule has 1 aliphatic rings. The molecular formula is C6H11CrO4-. The SMILES string of the molecule is [O]=[Cr](=[O])([O-])[O]C1CCCCC1. The van der Waals surface area contributed by atoms with E-state index < -0.39 is 13.6 Å². The van der Waals surface area contributed by atoms with Crippen LogP contribution in [0.15, 0.2) is 0 Å². The second kappa shape index (κ2) is 3.64. The van der Waals surface area contributed by atoms with Gasteiger partial charge >= 0.3 is 67.4 Å². The van der Waals surface area contributed by atoms with Crippen molar-refractivity contribution in [1.82, 2.24) is 0 Å². The molecule has 5 heteroatoms. The van der Waals surface area contributed by atoms with E-state index in [4.69, 9.17) is 0 Å². The van der Waals surface area contributed by atoms with Gasteiger partial charge < -0.3 is 0 Å². The van der Waals surface area contributed by atoms with Crippen LogP contribution in [0.2, 0.25) is 0 Å². The van der Waals surface area contributed by atoms with Crippen molar-refractivity contribution >= 4 is 0 Å². The molecule has 11 heavy (non-hydrogen) atoms. The summed E-state index contributed by atoms with van der Waals surface area (Å²) in [4.78, 5) is 0. The Bertz CT molecular complexity index is 203. The molecule has 66 valence electrons. The first kappa shape index (κ1) is 9.14. The van der Waals surface area contributed by atoms with Crippen LogP contribution >= 0.6 is 0 Å². The van der Waals surface area contributed by atoms with Gasteiger partial charge in [0.25, 0.3) is 0 Å². The summed E-state index contributed by atoms with van der Waals surface area (Å²) in [6, 6.07) is 0. The zero-order valence-corrected chi connectivity index (χ0v) is 7.43. The number of hydrogen-bond acceptors (Lipinski definition) is 4. The Hall–Kier alpha value is 0.0525. The van der Waals surface area contributed by atoms with Crippen molar-refractivity contribution in [1.29, 1.82) is 0 Å². The molecule has 0 heterocycles. The summed E-state index contributed by atoms with van der Waals surface area (Å²) in [6.45, 7) is 0. The fraction of sp³-hybridized carbons (Fsp3) is 1.00. The van der Waals surface area contributed by atoms with Crippen molar-refractivity contribution in [3.8, 4) is 0 Å². The van der Waals surface area contributed by atoms with Crippen LogP contribution in [0.3, 0.4) is 0 Å². The second-order valence-electron chi connectivity index (χ2n) is 2.76. The van der Waals surface area contributed by atoms with Gasteiger partial charge in [-0.2, -0.15) is 0 Å². The Kier molecular flexibility index (Phi) is 3.02. The third-order valence-electron chi connectivity index (χ3n) is 1.81. The topological polar surface area (TPSA) is 66.4 Å². The van der Waals surface area contributed by atoms with Crippen molar-refractivity contribution in [2.75, 3.05) is 0 Å². The summed E-state index contributed by atoms with van der Waals surface area (Å²) in [5.74, 6) is 0. The molecule has 1 rings (SSSR count). The quantitative estimate of drug-likeness (QED) is 0.644. The maximum atomic E-state index is 10.2. The van der Waals surface area contributed by atoms with E-state index in [0.29, 0.717) is 12.8 Å². The van der Waals surface area contributed by atoms with Crippen molar-refractivity contribution in [2.45, 2.75) is 38.2 Å². The van der Waals surface area contributed by atoms with E-state index in [1.54, 1.807) is 0 Å². The second-order valence-corrected chi connectivity index (χ2v) is 4.34. The molecule has 0 N–H and O–H groups in total. The minimum atomic E-state index is -5.16. The van der Waals surface area contributed by atoms with Crippen LogP contribution < -0.4 is 4.16 Å². The Morgan fingerprint density at radius 3 is 2.18 bits per heavy atom. The van der Waals surface area contributed by atoms with Gasteiger partial charge in [0.2, 0.25) is 0 Å². The summed E-state index contributed by atoms with van der Waals surface area (Å²) in [5.41, 5.74) is 0. The van der Waals surface area contributed by atoms with Gasteiger partial charge in [-0.25, -0.2) is 0 Å². The Morgan fingerprint density at radius 1 is 1.18 bits per heavy atom. The Labute approximate surface area is 67.9 Å². The van der Waals surface area contributed by atoms with Crippen molar-refractivity contribution in [3.63, 3.8) is 0 Å². The summed E-state index contributed by atoms with van der Waals surface area (Å²) in [7, 11) is 0. The van der Waals surface area contributed by atoms with Crippen LogP contribution in [0.5, 0.6) is 0 Å². The molecule has 0 aromatic carbocycles. The van der Waals surface area contributed by atoms with Gasteiger partial charge in [-0.1, -0.05) is 0 Å². The van der Waals surface area contributed by atoms with Gasteiger partial charge in [0.15, 0.2) is 0 Å². The van der Waals surface area contributed by atoms with E-state index in [1.807, 2.05) is 0 Å². The molecule has 0 saturated heterocycles. The predicted octanol–water partition coefficient (Wildman–Crippen LogP) is 0.371. The third kappa shape index (κ3) is 3.83. The molecule has 0 radical (unpaired) electrons. The maximum absolute atomic E-state index is 10.2. The van der Waals surface area contributed by atoms with Crippen molar-refractivity contribution < 1.29 is 29.2 Å². The van der Waals surface area contributed by atoms with Crippen LogP contribution in [0.25, 0.3) is 0 Å². The molecule has 4 nitrogen and oxygen atoms in total. The van der Waals surface area contributed by atoms with Gasteiger partial charge in [-0.3, -0.25) is 0 Å². The van der Waals surface area contributed by atoms with Crippen LogP contribution in [0, 0.1) is 0 Å². The van der Waals surface area contributed by atoms with Crippen LogP contribution in [0.1, 0.15) is 32.1 Å². The zero-order valence-electron chi connectivity index (χ0n) is 6.15. The first-order valence-electron chi connectivity index (χ1n) is 3.72. The van der Waals surface area contributed by atoms with E-state index >= 15 is 0 Å². The first-order valence-corrected chi connectivity index (χ1v) is 5.80. The summed E-state index contributed by atoms with van der Waals surface area (Å²) >= 11 is -5.16. The molecule has 0 bridgehead atoms. The average Bonchev–Trinajstić information content (AvgIpc) is 1.85. The van der Waals surface area contributed by atoms with E-state index in [1.165, 1.54) is 0 Å². The first-order chi connectivity index (χ1) is 5.08. The fourth-order valence-corrected chi connectivity index (χ4v) is 2.15. The monoisotopic (exact) mass is 199 g/mol. The average molecular weight is 199 g/mol. The Balaban J connectivity index is 2.36.